The summed E-state index contributed by atoms with van der Waals surface area (Å²) in [7, 11) is -3.32. The number of nitrogens with one attached hydrogen (secondary N) is 1. The Bertz CT molecular complexity index is 613. The van der Waals surface area contributed by atoms with E-state index in [-0.39, 0.29) is 11.9 Å². The van der Waals surface area contributed by atoms with Crippen LogP contribution in [0.1, 0.15) is 31.4 Å². The number of carbonyl (C=O) groups is 1. The summed E-state index contributed by atoms with van der Waals surface area (Å²) in [5.41, 5.74) is 1.90. The Morgan fingerprint density at radius 1 is 1.38 bits per heavy atom. The summed E-state index contributed by atoms with van der Waals surface area (Å²) >= 11 is 0. The molecular weight excluding hydrogens is 288 g/mol. The summed E-state index contributed by atoms with van der Waals surface area (Å²) < 4.78 is 22.8. The summed E-state index contributed by atoms with van der Waals surface area (Å²) in [5.74, 6) is -0.783. The Balaban J connectivity index is 2.35. The van der Waals surface area contributed by atoms with Crippen LogP contribution in [0.4, 0.5) is 5.69 Å². The van der Waals surface area contributed by atoms with Crippen LogP contribution in [0.5, 0.6) is 0 Å². The van der Waals surface area contributed by atoms with Crippen LogP contribution < -0.4 is 10.2 Å². The van der Waals surface area contributed by atoms with E-state index in [1.54, 1.807) is 4.90 Å². The van der Waals surface area contributed by atoms with E-state index in [2.05, 4.69) is 12.2 Å². The van der Waals surface area contributed by atoms with Crippen LogP contribution in [0.15, 0.2) is 24.3 Å². The number of carbonyl (C=O) groups excluding carboxylic acids is 1. The fourth-order valence-electron chi connectivity index (χ4n) is 2.78. The Kier molecular flexibility index (Phi) is 5.00. The molecule has 1 atom stereocenters. The molecule has 0 bridgehead atoms. The molecule has 2 rings (SSSR count). The van der Waals surface area contributed by atoms with Gasteiger partial charge in [-0.1, -0.05) is 25.1 Å². The van der Waals surface area contributed by atoms with Crippen molar-refractivity contribution in [2.45, 2.75) is 25.8 Å². The molecule has 1 unspecified atom stereocenters. The number of anilines is 1. The Hall–Kier alpha value is -1.40. The molecule has 1 N–H and O–H groups in total. The molecule has 0 saturated heterocycles. The van der Waals surface area contributed by atoms with Crippen molar-refractivity contribution in [3.63, 3.8) is 0 Å². The molecule has 0 aliphatic carbocycles. The average Bonchev–Trinajstić information content (AvgIpc) is 2.58. The second-order valence-electron chi connectivity index (χ2n) is 5.43. The molecule has 0 aromatic heterocycles. The van der Waals surface area contributed by atoms with Crippen LogP contribution in [0.2, 0.25) is 0 Å². The van der Waals surface area contributed by atoms with Crippen molar-refractivity contribution in [2.24, 2.45) is 0 Å². The maximum atomic E-state index is 12.3. The first-order valence-corrected chi connectivity index (χ1v) is 9.29. The van der Waals surface area contributed by atoms with Gasteiger partial charge in [-0.05, 0) is 31.0 Å². The molecule has 0 spiro atoms. The predicted octanol–water partition coefficient (Wildman–Crippen LogP) is 1.51. The first kappa shape index (κ1) is 16.0. The van der Waals surface area contributed by atoms with E-state index in [1.165, 1.54) is 0 Å². The lowest BCUT2D eigenvalue weighted by atomic mass is 10.0. The number of hydrogen-bond acceptors (Lipinski definition) is 4. The highest BCUT2D eigenvalue weighted by molar-refractivity contribution is 7.91. The fraction of sp³-hybridized carbons (Fsp3) is 0.533. The van der Waals surface area contributed by atoms with Crippen LogP contribution in [0.25, 0.3) is 0 Å². The minimum absolute atomic E-state index is 0.210. The molecule has 1 aliphatic heterocycles. The largest absolute Gasteiger partial charge is 0.311 e. The van der Waals surface area contributed by atoms with E-state index in [1.807, 2.05) is 24.3 Å². The maximum Gasteiger partial charge on any atom is 0.242 e. The van der Waals surface area contributed by atoms with Crippen molar-refractivity contribution in [1.29, 1.82) is 0 Å². The van der Waals surface area contributed by atoms with Crippen LogP contribution in [-0.4, -0.2) is 39.4 Å². The number of rotatable bonds is 4. The zero-order chi connectivity index (χ0) is 15.5. The van der Waals surface area contributed by atoms with E-state index in [9.17, 15) is 13.2 Å². The lowest BCUT2D eigenvalue weighted by Gasteiger charge is -2.24. The van der Waals surface area contributed by atoms with Gasteiger partial charge in [0.1, 0.15) is 5.75 Å². The van der Waals surface area contributed by atoms with Gasteiger partial charge in [-0.3, -0.25) is 4.79 Å². The molecule has 1 aromatic carbocycles. The number of nitrogens with zero attached hydrogens (tertiary/aromatic N) is 1. The van der Waals surface area contributed by atoms with Crippen LogP contribution >= 0.6 is 0 Å². The number of amides is 1. The smallest absolute Gasteiger partial charge is 0.242 e. The van der Waals surface area contributed by atoms with Gasteiger partial charge >= 0.3 is 0 Å². The maximum absolute atomic E-state index is 12.3. The van der Waals surface area contributed by atoms with E-state index >= 15 is 0 Å². The molecule has 1 heterocycles. The normalized spacial score (nSPS) is 19.0. The molecule has 6 heteroatoms. The molecule has 21 heavy (non-hydrogen) atoms. The summed E-state index contributed by atoms with van der Waals surface area (Å²) in [5, 5.41) is 3.43. The Morgan fingerprint density at radius 3 is 2.76 bits per heavy atom. The predicted molar refractivity (Wildman–Crippen MR) is 84.2 cm³/mol. The molecule has 116 valence electrons. The van der Waals surface area contributed by atoms with Crippen molar-refractivity contribution in [2.75, 3.05) is 30.0 Å². The molecule has 1 amide bonds. The van der Waals surface area contributed by atoms with Gasteiger partial charge in [-0.2, -0.15) is 0 Å². The fourth-order valence-corrected chi connectivity index (χ4v) is 3.38. The summed E-state index contributed by atoms with van der Waals surface area (Å²) in [6.45, 7) is 3.48. The highest BCUT2D eigenvalue weighted by atomic mass is 32.2. The Labute approximate surface area is 126 Å². The summed E-state index contributed by atoms with van der Waals surface area (Å²) in [6, 6.07) is 7.95. The SMILES string of the molecule is CCNC1CCCN(C(=O)CS(C)(=O)=O)c2ccccc21. The molecule has 0 fully saturated rings. The third-order valence-electron chi connectivity index (χ3n) is 3.61. The van der Waals surface area contributed by atoms with Crippen molar-refractivity contribution in [3.05, 3.63) is 29.8 Å². The second kappa shape index (κ2) is 6.58. The van der Waals surface area contributed by atoms with Crippen molar-refractivity contribution in [1.82, 2.24) is 5.32 Å². The summed E-state index contributed by atoms with van der Waals surface area (Å²) in [4.78, 5) is 13.9. The number of hydrogen-bond donors (Lipinski definition) is 1. The molecule has 5 nitrogen and oxygen atoms in total. The van der Waals surface area contributed by atoms with Crippen molar-refractivity contribution < 1.29 is 13.2 Å². The zero-order valence-corrected chi connectivity index (χ0v) is 13.3. The second-order valence-corrected chi connectivity index (χ2v) is 7.57. The molecule has 0 radical (unpaired) electrons. The minimum Gasteiger partial charge on any atom is -0.311 e. The molecule has 1 aromatic rings. The minimum atomic E-state index is -3.32. The van der Waals surface area contributed by atoms with Crippen LogP contribution in [0, 0.1) is 0 Å². The zero-order valence-electron chi connectivity index (χ0n) is 12.5. The highest BCUT2D eigenvalue weighted by Gasteiger charge is 2.27. The van der Waals surface area contributed by atoms with Crippen LogP contribution in [-0.2, 0) is 14.6 Å². The van der Waals surface area contributed by atoms with Gasteiger partial charge in [-0.25, -0.2) is 8.42 Å². The van der Waals surface area contributed by atoms with Gasteiger partial charge in [0.2, 0.25) is 5.91 Å². The van der Waals surface area contributed by atoms with Gasteiger partial charge in [0.05, 0.1) is 0 Å². The summed E-state index contributed by atoms with van der Waals surface area (Å²) in [6.07, 6.45) is 2.88. The Morgan fingerprint density at radius 2 is 2.10 bits per heavy atom. The lowest BCUT2D eigenvalue weighted by molar-refractivity contribution is -0.116. The molecule has 0 saturated carbocycles. The van der Waals surface area contributed by atoms with E-state index < -0.39 is 15.6 Å². The quantitative estimate of drug-likeness (QED) is 0.915. The number of fused-ring (bicyclic) bond motifs is 1. The first-order chi connectivity index (χ1) is 9.92. The van der Waals surface area contributed by atoms with Gasteiger partial charge < -0.3 is 10.2 Å². The van der Waals surface area contributed by atoms with E-state index in [0.717, 1.165) is 36.9 Å². The van der Waals surface area contributed by atoms with Gasteiger partial charge in [0.25, 0.3) is 0 Å². The van der Waals surface area contributed by atoms with Crippen LogP contribution in [0.3, 0.4) is 0 Å². The van der Waals surface area contributed by atoms with E-state index in [0.29, 0.717) is 6.54 Å². The first-order valence-electron chi connectivity index (χ1n) is 7.22. The van der Waals surface area contributed by atoms with Crippen molar-refractivity contribution >= 4 is 21.4 Å². The number of benzene rings is 1. The van der Waals surface area contributed by atoms with Gasteiger partial charge in [-0.15, -0.1) is 0 Å². The number of sulfone groups is 1. The molecule has 1 aliphatic rings. The average molecular weight is 310 g/mol. The van der Waals surface area contributed by atoms with Gasteiger partial charge in [0, 0.05) is 24.5 Å². The number of para-hydroxylation sites is 1. The van der Waals surface area contributed by atoms with Gasteiger partial charge in [0.15, 0.2) is 9.84 Å². The van der Waals surface area contributed by atoms with Crippen molar-refractivity contribution in [3.8, 4) is 0 Å². The lowest BCUT2D eigenvalue weighted by Crippen LogP contribution is -2.36. The third-order valence-corrected chi connectivity index (χ3v) is 4.39. The third kappa shape index (κ3) is 4.04. The molecular formula is C15H22N2O3S. The standard InChI is InChI=1S/C15H22N2O3S/c1-3-16-13-8-6-10-17(15(18)11-21(2,19)20)14-9-5-4-7-12(13)14/h4-5,7,9,13,16H,3,6,8,10-11H2,1-2H3. The monoisotopic (exact) mass is 310 g/mol. The van der Waals surface area contributed by atoms with E-state index in [4.69, 9.17) is 0 Å². The topological polar surface area (TPSA) is 66.5 Å². The highest BCUT2D eigenvalue weighted by Crippen LogP contribution is 2.32.